The fourth-order valence-corrected chi connectivity index (χ4v) is 4.15. The van der Waals surface area contributed by atoms with Gasteiger partial charge in [0.25, 0.3) is 0 Å². The van der Waals surface area contributed by atoms with Crippen molar-refractivity contribution in [3.05, 3.63) is 81.0 Å². The van der Waals surface area contributed by atoms with Crippen LogP contribution < -0.4 is 10.6 Å². The van der Waals surface area contributed by atoms with Crippen LogP contribution in [0.5, 0.6) is 0 Å². The van der Waals surface area contributed by atoms with Gasteiger partial charge in [0, 0.05) is 35.2 Å². The second-order valence-corrected chi connectivity index (χ2v) is 7.99. The van der Waals surface area contributed by atoms with E-state index in [1.807, 2.05) is 48.7 Å². The van der Waals surface area contributed by atoms with Gasteiger partial charge in [0.1, 0.15) is 5.54 Å². The van der Waals surface area contributed by atoms with Crippen molar-refractivity contribution in [3.8, 4) is 0 Å². The molecule has 1 aliphatic carbocycles. The first-order chi connectivity index (χ1) is 15.1. The summed E-state index contributed by atoms with van der Waals surface area (Å²) in [6, 6.07) is 9.68. The molecule has 4 rings (SSSR count). The Morgan fingerprint density at radius 2 is 2.10 bits per heavy atom. The zero-order valence-corrected chi connectivity index (χ0v) is 17.1. The Labute approximate surface area is 179 Å². The summed E-state index contributed by atoms with van der Waals surface area (Å²) in [5, 5.41) is 13.3. The number of hydrogen-bond donors (Lipinski definition) is 3. The van der Waals surface area contributed by atoms with Crippen molar-refractivity contribution in [2.75, 3.05) is 18.4 Å². The van der Waals surface area contributed by atoms with E-state index in [9.17, 15) is 9.70 Å². The van der Waals surface area contributed by atoms with E-state index in [4.69, 9.17) is 5.53 Å². The summed E-state index contributed by atoms with van der Waals surface area (Å²) >= 11 is 0. The molecular weight excluding hydrogens is 394 g/mol. The molecule has 2 aromatic rings. The van der Waals surface area contributed by atoms with Gasteiger partial charge in [0.15, 0.2) is 5.78 Å². The predicted octanol–water partition coefficient (Wildman–Crippen LogP) is 4.84. The highest BCUT2D eigenvalue weighted by atomic mass is 16.3. The van der Waals surface area contributed by atoms with Gasteiger partial charge in [-0.1, -0.05) is 34.6 Å². The van der Waals surface area contributed by atoms with E-state index < -0.39 is 5.54 Å². The number of ketones is 1. The van der Waals surface area contributed by atoms with Gasteiger partial charge in [0.05, 0.1) is 23.5 Å². The molecule has 1 aliphatic heterocycles. The average molecular weight is 417 g/mol. The van der Waals surface area contributed by atoms with E-state index in [1.54, 1.807) is 6.92 Å². The lowest BCUT2D eigenvalue weighted by Gasteiger charge is -2.32. The highest BCUT2D eigenvalue weighted by molar-refractivity contribution is 6.07. The number of azide groups is 1. The number of H-pyrrole nitrogens is 1. The summed E-state index contributed by atoms with van der Waals surface area (Å²) in [5.74, 6) is -0.425. The van der Waals surface area contributed by atoms with Crippen molar-refractivity contribution in [2.24, 2.45) is 16.2 Å². The smallest absolute Gasteiger partial charge is 0.167 e. The van der Waals surface area contributed by atoms with Crippen molar-refractivity contribution in [2.45, 2.75) is 25.3 Å². The van der Waals surface area contributed by atoms with Crippen LogP contribution in [0, 0.1) is 10.8 Å². The number of dihydropyridines is 1. The Balaban J connectivity index is 1.77. The molecule has 2 heterocycles. The normalized spacial score (nSPS) is 19.3. The first kappa shape index (κ1) is 20.4. The monoisotopic (exact) mass is 417 g/mol. The molecule has 1 aromatic carbocycles. The van der Waals surface area contributed by atoms with Crippen LogP contribution in [0.4, 0.5) is 11.4 Å². The molecule has 9 nitrogen and oxygen atoms in total. The molecule has 2 atom stereocenters. The number of rotatable bonds is 7. The second-order valence-electron chi connectivity index (χ2n) is 7.99. The van der Waals surface area contributed by atoms with E-state index in [0.29, 0.717) is 18.5 Å². The number of Topliss-reactive ketones (excluding diaryl/α,β-unsaturated/α-hetero) is 1. The number of nitrogens with zero attached hydrogens (tertiary/aromatic N) is 4. The first-order valence-electron chi connectivity index (χ1n) is 10.1. The molecule has 0 spiro atoms. The number of nitroso groups, excluding NO2 is 1. The summed E-state index contributed by atoms with van der Waals surface area (Å²) in [5.41, 5.74) is 12.3. The molecule has 1 aromatic heterocycles. The maximum atomic E-state index is 13.3. The molecule has 0 saturated carbocycles. The SMILES string of the molecule is CC(CN=[N+]=[N-])(N=O)C1CC(=O)c2c([nH]c(C3=CCNC=C3)c2Nc2ccccc2)C1. The van der Waals surface area contributed by atoms with Gasteiger partial charge in [-0.3, -0.25) is 4.79 Å². The number of anilines is 2. The minimum atomic E-state index is -1.15. The summed E-state index contributed by atoms with van der Waals surface area (Å²) in [6.45, 7) is 2.25. The molecular formula is C22H23N7O2. The average Bonchev–Trinajstić information content (AvgIpc) is 3.17. The molecule has 2 aliphatic rings. The van der Waals surface area contributed by atoms with Gasteiger partial charge in [-0.05, 0) is 48.9 Å². The Bertz CT molecular complexity index is 1110. The van der Waals surface area contributed by atoms with Crippen LogP contribution >= 0.6 is 0 Å². The zero-order chi connectivity index (χ0) is 21.8. The van der Waals surface area contributed by atoms with Crippen molar-refractivity contribution >= 4 is 22.7 Å². The van der Waals surface area contributed by atoms with Crippen LogP contribution in [0.2, 0.25) is 0 Å². The van der Waals surface area contributed by atoms with Crippen LogP contribution in [0.25, 0.3) is 16.0 Å². The van der Waals surface area contributed by atoms with Gasteiger partial charge >= 0.3 is 0 Å². The number of carbonyl (C=O) groups excluding carboxylic acids is 1. The highest BCUT2D eigenvalue weighted by Gasteiger charge is 2.42. The minimum Gasteiger partial charge on any atom is -0.387 e. The number of fused-ring (bicyclic) bond motifs is 1. The molecule has 2 unspecified atom stereocenters. The number of carbonyl (C=O) groups is 1. The highest BCUT2D eigenvalue weighted by Crippen LogP contribution is 2.41. The van der Waals surface area contributed by atoms with Crippen LogP contribution in [0.3, 0.4) is 0 Å². The van der Waals surface area contributed by atoms with Crippen LogP contribution in [0.15, 0.2) is 59.0 Å². The van der Waals surface area contributed by atoms with Gasteiger partial charge < -0.3 is 15.6 Å². The molecule has 0 fully saturated rings. The maximum Gasteiger partial charge on any atom is 0.167 e. The summed E-state index contributed by atoms with van der Waals surface area (Å²) < 4.78 is 0. The summed E-state index contributed by atoms with van der Waals surface area (Å²) in [6.07, 6.45) is 6.50. The standard InChI is InChI=1S/C22H23N7O2/c1-22(28-31,13-25-29-23)15-11-17-19(18(30)12-15)21(26-16-5-3-2-4-6-16)20(27-17)14-7-9-24-10-8-14/h2-9,15,24,26-27H,10-13H2,1H3. The molecule has 0 radical (unpaired) electrons. The van der Waals surface area contributed by atoms with E-state index >= 15 is 0 Å². The minimum absolute atomic E-state index is 0.0680. The third-order valence-electron chi connectivity index (χ3n) is 5.93. The Morgan fingerprint density at radius 1 is 1.29 bits per heavy atom. The maximum absolute atomic E-state index is 13.3. The Morgan fingerprint density at radius 3 is 2.77 bits per heavy atom. The van der Waals surface area contributed by atoms with Crippen molar-refractivity contribution in [1.82, 2.24) is 10.3 Å². The van der Waals surface area contributed by atoms with E-state index in [1.165, 1.54) is 0 Å². The summed E-state index contributed by atoms with van der Waals surface area (Å²) in [7, 11) is 0. The quantitative estimate of drug-likeness (QED) is 0.257. The van der Waals surface area contributed by atoms with Gasteiger partial charge in [-0.25, -0.2) is 0 Å². The van der Waals surface area contributed by atoms with Gasteiger partial charge in [-0.15, -0.1) is 0 Å². The van der Waals surface area contributed by atoms with Crippen LogP contribution in [-0.2, 0) is 6.42 Å². The molecule has 3 N–H and O–H groups in total. The zero-order valence-electron chi connectivity index (χ0n) is 17.1. The predicted molar refractivity (Wildman–Crippen MR) is 120 cm³/mol. The number of para-hydroxylation sites is 1. The van der Waals surface area contributed by atoms with E-state index in [-0.39, 0.29) is 24.7 Å². The number of aromatic nitrogens is 1. The molecule has 0 bridgehead atoms. The number of hydrogen-bond acceptors (Lipinski definition) is 6. The fraction of sp³-hybridized carbons (Fsp3) is 0.318. The van der Waals surface area contributed by atoms with Gasteiger partial charge in [0.2, 0.25) is 0 Å². The molecule has 9 heteroatoms. The van der Waals surface area contributed by atoms with Crippen molar-refractivity contribution < 1.29 is 4.79 Å². The van der Waals surface area contributed by atoms with Gasteiger partial charge in [-0.2, -0.15) is 4.91 Å². The van der Waals surface area contributed by atoms with Crippen molar-refractivity contribution in [3.63, 3.8) is 0 Å². The number of benzene rings is 1. The fourth-order valence-electron chi connectivity index (χ4n) is 4.15. The largest absolute Gasteiger partial charge is 0.387 e. The lowest BCUT2D eigenvalue weighted by molar-refractivity contribution is 0.0921. The second kappa shape index (κ2) is 8.49. The molecule has 31 heavy (non-hydrogen) atoms. The molecule has 158 valence electrons. The van der Waals surface area contributed by atoms with Crippen molar-refractivity contribution in [1.29, 1.82) is 0 Å². The summed E-state index contributed by atoms with van der Waals surface area (Å²) in [4.78, 5) is 31.1. The number of allylic oxidation sites excluding steroid dienone is 2. The Hall–Kier alpha value is -3.84. The topological polar surface area (TPSA) is 135 Å². The van der Waals surface area contributed by atoms with Crippen LogP contribution in [-0.4, -0.2) is 29.4 Å². The van der Waals surface area contributed by atoms with E-state index in [0.717, 1.165) is 28.3 Å². The first-order valence-corrected chi connectivity index (χ1v) is 10.1. The molecule has 0 amide bonds. The number of aromatic amines is 1. The van der Waals surface area contributed by atoms with Crippen LogP contribution in [0.1, 0.15) is 35.1 Å². The lowest BCUT2D eigenvalue weighted by atomic mass is 9.75. The molecule has 0 saturated heterocycles. The third kappa shape index (κ3) is 3.95. The lowest BCUT2D eigenvalue weighted by Crippen LogP contribution is -2.40. The third-order valence-corrected chi connectivity index (χ3v) is 5.93. The number of nitrogens with one attached hydrogen (secondary N) is 3. The Kier molecular flexibility index (Phi) is 5.60. The van der Waals surface area contributed by atoms with E-state index in [2.05, 4.69) is 30.8 Å².